The fraction of sp³-hybridized carbons (Fsp3) is 0.333. The number of benzene rings is 1. The van der Waals surface area contributed by atoms with E-state index >= 15 is 0 Å². The molecule has 20 heavy (non-hydrogen) atoms. The second-order valence-corrected chi connectivity index (χ2v) is 5.95. The molecule has 0 amide bonds. The monoisotopic (exact) mass is 288 g/mol. The van der Waals surface area contributed by atoms with E-state index in [4.69, 9.17) is 5.11 Å². The summed E-state index contributed by atoms with van der Waals surface area (Å²) in [5, 5.41) is 15.1. The van der Waals surface area contributed by atoms with E-state index in [0.717, 1.165) is 29.2 Å². The first-order valence-corrected chi connectivity index (χ1v) is 7.59. The van der Waals surface area contributed by atoms with Gasteiger partial charge in [0, 0.05) is 17.0 Å². The molecule has 1 fully saturated rings. The Morgan fingerprint density at radius 1 is 1.40 bits per heavy atom. The smallest absolute Gasteiger partial charge is 0.305 e. The third-order valence-corrected chi connectivity index (χ3v) is 4.24. The van der Waals surface area contributed by atoms with Crippen LogP contribution in [0.3, 0.4) is 0 Å². The summed E-state index contributed by atoms with van der Waals surface area (Å²) in [5.74, 6) is -0.274. The Kier molecular flexibility index (Phi) is 3.69. The van der Waals surface area contributed by atoms with Crippen molar-refractivity contribution < 1.29 is 9.90 Å². The van der Waals surface area contributed by atoms with Gasteiger partial charge in [-0.2, -0.15) is 0 Å². The van der Waals surface area contributed by atoms with Crippen LogP contribution in [0.1, 0.15) is 19.3 Å². The van der Waals surface area contributed by atoms with Gasteiger partial charge in [-0.05, 0) is 18.8 Å². The van der Waals surface area contributed by atoms with Crippen LogP contribution in [-0.2, 0) is 4.79 Å². The average molecular weight is 288 g/mol. The molecule has 5 heteroatoms. The summed E-state index contributed by atoms with van der Waals surface area (Å²) in [6.07, 6.45) is 2.38. The zero-order valence-corrected chi connectivity index (χ0v) is 11.8. The van der Waals surface area contributed by atoms with Gasteiger partial charge in [0.2, 0.25) is 0 Å². The average Bonchev–Trinajstić information content (AvgIpc) is 3.19. The van der Waals surface area contributed by atoms with Crippen LogP contribution in [-0.4, -0.2) is 22.1 Å². The van der Waals surface area contributed by atoms with E-state index in [9.17, 15) is 4.79 Å². The molecule has 4 nitrogen and oxygen atoms in total. The molecule has 1 heterocycles. The number of carboxylic acid groups (broad SMARTS) is 1. The van der Waals surface area contributed by atoms with Crippen LogP contribution in [0.25, 0.3) is 11.3 Å². The molecule has 0 saturated heterocycles. The van der Waals surface area contributed by atoms with Crippen molar-refractivity contribution in [2.24, 2.45) is 5.92 Å². The zero-order valence-electron chi connectivity index (χ0n) is 11.0. The van der Waals surface area contributed by atoms with E-state index in [0.29, 0.717) is 5.92 Å². The minimum Gasteiger partial charge on any atom is -0.481 e. The summed E-state index contributed by atoms with van der Waals surface area (Å²) >= 11 is 1.53. The molecule has 0 spiro atoms. The Morgan fingerprint density at radius 3 is 2.80 bits per heavy atom. The highest BCUT2D eigenvalue weighted by Crippen LogP contribution is 2.36. The summed E-state index contributed by atoms with van der Waals surface area (Å²) in [6, 6.07) is 9.99. The number of carbonyl (C=O) groups is 1. The van der Waals surface area contributed by atoms with Crippen molar-refractivity contribution in [3.05, 3.63) is 35.7 Å². The van der Waals surface area contributed by atoms with Gasteiger partial charge >= 0.3 is 5.97 Å². The second kappa shape index (κ2) is 5.63. The second-order valence-electron chi connectivity index (χ2n) is 5.09. The number of aliphatic carboxylic acids is 1. The molecule has 1 aromatic carbocycles. The quantitative estimate of drug-likeness (QED) is 0.854. The van der Waals surface area contributed by atoms with Crippen molar-refractivity contribution >= 4 is 22.4 Å². The Bertz CT molecular complexity index is 593. The fourth-order valence-corrected chi connectivity index (χ4v) is 3.04. The molecule has 1 aliphatic rings. The summed E-state index contributed by atoms with van der Waals surface area (Å²) in [4.78, 5) is 15.5. The van der Waals surface area contributed by atoms with Crippen molar-refractivity contribution in [3.8, 4) is 11.3 Å². The number of nitrogens with zero attached hydrogens (tertiary/aromatic N) is 1. The Hall–Kier alpha value is -1.88. The first-order chi connectivity index (χ1) is 9.72. The van der Waals surface area contributed by atoms with E-state index in [1.54, 1.807) is 0 Å². The van der Waals surface area contributed by atoms with E-state index in [1.807, 2.05) is 35.7 Å². The molecule has 3 rings (SSSR count). The highest BCUT2D eigenvalue weighted by Gasteiger charge is 2.33. The Labute approximate surface area is 121 Å². The molecule has 1 atom stereocenters. The van der Waals surface area contributed by atoms with Crippen molar-refractivity contribution in [2.45, 2.75) is 25.3 Å². The molecular weight excluding hydrogens is 272 g/mol. The van der Waals surface area contributed by atoms with Gasteiger partial charge in [-0.1, -0.05) is 30.3 Å². The van der Waals surface area contributed by atoms with Crippen molar-refractivity contribution in [3.63, 3.8) is 0 Å². The van der Waals surface area contributed by atoms with Crippen molar-refractivity contribution in [1.82, 2.24) is 4.98 Å². The third-order valence-electron chi connectivity index (χ3n) is 3.47. The maximum absolute atomic E-state index is 10.9. The SMILES string of the molecule is O=C(O)CC(Nc1nc(-c2ccccc2)cs1)C1CC1. The summed E-state index contributed by atoms with van der Waals surface area (Å²) in [5.41, 5.74) is 2.01. The minimum absolute atomic E-state index is 0.00210. The predicted octanol–water partition coefficient (Wildman–Crippen LogP) is 3.48. The van der Waals surface area contributed by atoms with Gasteiger partial charge in [0.05, 0.1) is 12.1 Å². The van der Waals surface area contributed by atoms with Crippen LogP contribution in [0.4, 0.5) is 5.13 Å². The molecule has 1 saturated carbocycles. The first kappa shape index (κ1) is 13.1. The van der Waals surface area contributed by atoms with Gasteiger partial charge in [-0.25, -0.2) is 4.98 Å². The lowest BCUT2D eigenvalue weighted by Crippen LogP contribution is -2.25. The van der Waals surface area contributed by atoms with Gasteiger partial charge in [-0.3, -0.25) is 4.79 Å². The maximum atomic E-state index is 10.9. The van der Waals surface area contributed by atoms with Crippen LogP contribution in [0.15, 0.2) is 35.7 Å². The van der Waals surface area contributed by atoms with Crippen LogP contribution in [0.2, 0.25) is 0 Å². The number of hydrogen-bond donors (Lipinski definition) is 2. The lowest BCUT2D eigenvalue weighted by atomic mass is 10.1. The highest BCUT2D eigenvalue weighted by atomic mass is 32.1. The summed E-state index contributed by atoms with van der Waals surface area (Å²) < 4.78 is 0. The molecule has 2 N–H and O–H groups in total. The largest absolute Gasteiger partial charge is 0.481 e. The topological polar surface area (TPSA) is 62.2 Å². The fourth-order valence-electron chi connectivity index (χ4n) is 2.26. The molecule has 0 bridgehead atoms. The first-order valence-electron chi connectivity index (χ1n) is 6.71. The number of hydrogen-bond acceptors (Lipinski definition) is 4. The van der Waals surface area contributed by atoms with Gasteiger partial charge in [0.15, 0.2) is 5.13 Å². The van der Waals surface area contributed by atoms with Crippen LogP contribution >= 0.6 is 11.3 Å². The van der Waals surface area contributed by atoms with Crippen molar-refractivity contribution in [1.29, 1.82) is 0 Å². The molecule has 104 valence electrons. The van der Waals surface area contributed by atoms with E-state index < -0.39 is 5.97 Å². The summed E-state index contributed by atoms with van der Waals surface area (Å²) in [6.45, 7) is 0. The lowest BCUT2D eigenvalue weighted by molar-refractivity contribution is -0.137. The lowest BCUT2D eigenvalue weighted by Gasteiger charge is -2.14. The Balaban J connectivity index is 1.71. The van der Waals surface area contributed by atoms with Crippen molar-refractivity contribution in [2.75, 3.05) is 5.32 Å². The number of thiazole rings is 1. The molecule has 2 aromatic rings. The number of aromatic nitrogens is 1. The molecule has 0 radical (unpaired) electrons. The highest BCUT2D eigenvalue weighted by molar-refractivity contribution is 7.14. The number of anilines is 1. The molecular formula is C15H16N2O2S. The van der Waals surface area contributed by atoms with E-state index in [2.05, 4.69) is 10.3 Å². The standard InChI is InChI=1S/C15H16N2O2S/c18-14(19)8-12(11-6-7-11)16-15-17-13(9-20-15)10-4-2-1-3-5-10/h1-5,9,11-12H,6-8H2,(H,16,17)(H,18,19). The number of rotatable bonds is 6. The maximum Gasteiger partial charge on any atom is 0.305 e. The third kappa shape index (κ3) is 3.17. The van der Waals surface area contributed by atoms with Gasteiger partial charge < -0.3 is 10.4 Å². The minimum atomic E-state index is -0.755. The molecule has 1 aliphatic carbocycles. The van der Waals surface area contributed by atoms with Crippen LogP contribution in [0.5, 0.6) is 0 Å². The van der Waals surface area contributed by atoms with E-state index in [-0.39, 0.29) is 12.5 Å². The Morgan fingerprint density at radius 2 is 2.15 bits per heavy atom. The number of carboxylic acids is 1. The summed E-state index contributed by atoms with van der Waals surface area (Å²) in [7, 11) is 0. The van der Waals surface area contributed by atoms with Gasteiger partial charge in [-0.15, -0.1) is 11.3 Å². The molecule has 1 aromatic heterocycles. The van der Waals surface area contributed by atoms with E-state index in [1.165, 1.54) is 11.3 Å². The normalized spacial score (nSPS) is 15.8. The predicted molar refractivity (Wildman–Crippen MR) is 79.9 cm³/mol. The van der Waals surface area contributed by atoms with Crippen LogP contribution < -0.4 is 5.32 Å². The van der Waals surface area contributed by atoms with Gasteiger partial charge in [0.25, 0.3) is 0 Å². The zero-order chi connectivity index (χ0) is 13.9. The van der Waals surface area contributed by atoms with Gasteiger partial charge in [0.1, 0.15) is 0 Å². The molecule has 0 aliphatic heterocycles. The van der Waals surface area contributed by atoms with Crippen LogP contribution in [0, 0.1) is 5.92 Å². The number of nitrogens with one attached hydrogen (secondary N) is 1. The molecule has 1 unspecified atom stereocenters.